The van der Waals surface area contributed by atoms with E-state index >= 15 is 0 Å². The minimum atomic E-state index is -0.917. The van der Waals surface area contributed by atoms with E-state index in [4.69, 9.17) is 4.74 Å². The highest BCUT2D eigenvalue weighted by atomic mass is 16.6. The van der Waals surface area contributed by atoms with Gasteiger partial charge < -0.3 is 9.84 Å². The van der Waals surface area contributed by atoms with E-state index in [9.17, 15) is 14.7 Å². The van der Waals surface area contributed by atoms with Gasteiger partial charge in [-0.2, -0.15) is 0 Å². The lowest BCUT2D eigenvalue weighted by Crippen LogP contribution is -2.43. The fourth-order valence-corrected chi connectivity index (χ4v) is 3.57. The van der Waals surface area contributed by atoms with E-state index in [1.165, 1.54) is 37.0 Å². The quantitative estimate of drug-likeness (QED) is 0.849. The molecule has 1 amide bonds. The van der Waals surface area contributed by atoms with E-state index < -0.39 is 23.7 Å². The molecule has 120 valence electrons. The maximum atomic E-state index is 12.2. The van der Waals surface area contributed by atoms with Crippen LogP contribution >= 0.6 is 0 Å². The normalized spacial score (nSPS) is 27.7. The number of carbonyl (C=O) groups is 2. The Morgan fingerprint density at radius 2 is 1.71 bits per heavy atom. The molecule has 1 aliphatic heterocycles. The molecule has 1 aliphatic carbocycles. The second kappa shape index (κ2) is 6.24. The van der Waals surface area contributed by atoms with E-state index in [1.807, 2.05) is 0 Å². The van der Waals surface area contributed by atoms with Crippen LogP contribution in [0.1, 0.15) is 59.3 Å². The Balaban J connectivity index is 2.04. The molecule has 0 aromatic carbocycles. The van der Waals surface area contributed by atoms with Gasteiger partial charge in [0.15, 0.2) is 0 Å². The second-order valence-electron chi connectivity index (χ2n) is 7.38. The van der Waals surface area contributed by atoms with Crippen LogP contribution in [0.2, 0.25) is 0 Å². The highest BCUT2D eigenvalue weighted by Gasteiger charge is 2.43. The molecule has 21 heavy (non-hydrogen) atoms. The zero-order chi connectivity index (χ0) is 15.6. The number of hydrogen-bond donors (Lipinski definition) is 1. The van der Waals surface area contributed by atoms with E-state index in [1.54, 1.807) is 20.8 Å². The SMILES string of the molecule is CC(C)(C)OC(=O)N1C[C@@H](C2CCCCC2)C[C@H]1C(=O)O. The summed E-state index contributed by atoms with van der Waals surface area (Å²) in [5.74, 6) is -0.0499. The number of amides is 1. The molecule has 0 spiro atoms. The summed E-state index contributed by atoms with van der Waals surface area (Å²) in [5.41, 5.74) is -0.594. The van der Waals surface area contributed by atoms with E-state index in [2.05, 4.69) is 0 Å². The zero-order valence-electron chi connectivity index (χ0n) is 13.3. The van der Waals surface area contributed by atoms with Crippen molar-refractivity contribution >= 4 is 12.1 Å². The first-order chi connectivity index (χ1) is 9.78. The average Bonchev–Trinajstić information content (AvgIpc) is 2.83. The summed E-state index contributed by atoms with van der Waals surface area (Å²) in [4.78, 5) is 25.1. The van der Waals surface area contributed by atoms with E-state index in [0.29, 0.717) is 24.8 Å². The van der Waals surface area contributed by atoms with Gasteiger partial charge >= 0.3 is 12.1 Å². The zero-order valence-corrected chi connectivity index (χ0v) is 13.3. The first-order valence-electron chi connectivity index (χ1n) is 8.00. The van der Waals surface area contributed by atoms with Crippen molar-refractivity contribution in [3.05, 3.63) is 0 Å². The summed E-state index contributed by atoms with van der Waals surface area (Å²) in [6.07, 6.45) is 6.14. The van der Waals surface area contributed by atoms with Crippen LogP contribution in [0.5, 0.6) is 0 Å². The van der Waals surface area contributed by atoms with Gasteiger partial charge in [0.2, 0.25) is 0 Å². The summed E-state index contributed by atoms with van der Waals surface area (Å²) in [6.45, 7) is 5.93. The van der Waals surface area contributed by atoms with Gasteiger partial charge in [0.1, 0.15) is 11.6 Å². The van der Waals surface area contributed by atoms with Crippen molar-refractivity contribution in [3.63, 3.8) is 0 Å². The molecule has 0 radical (unpaired) electrons. The maximum absolute atomic E-state index is 12.2. The Bertz CT molecular complexity index is 396. The molecule has 2 atom stereocenters. The van der Waals surface area contributed by atoms with Gasteiger partial charge in [-0.3, -0.25) is 4.90 Å². The first kappa shape index (κ1) is 16.1. The monoisotopic (exact) mass is 297 g/mol. The lowest BCUT2D eigenvalue weighted by atomic mass is 9.79. The van der Waals surface area contributed by atoms with Crippen LogP contribution in [-0.4, -0.2) is 40.3 Å². The number of hydrogen-bond acceptors (Lipinski definition) is 3. The molecular formula is C16H27NO4. The van der Waals surface area contributed by atoms with Crippen molar-refractivity contribution in [1.82, 2.24) is 4.90 Å². The van der Waals surface area contributed by atoms with Crippen LogP contribution < -0.4 is 0 Å². The largest absolute Gasteiger partial charge is 0.480 e. The van der Waals surface area contributed by atoms with Crippen molar-refractivity contribution in [2.24, 2.45) is 11.8 Å². The predicted octanol–water partition coefficient (Wildman–Crippen LogP) is 3.28. The van der Waals surface area contributed by atoms with Crippen molar-refractivity contribution in [2.45, 2.75) is 70.9 Å². The first-order valence-corrected chi connectivity index (χ1v) is 8.00. The summed E-state index contributed by atoms with van der Waals surface area (Å²) in [5, 5.41) is 9.40. The Labute approximate surface area is 126 Å². The molecular weight excluding hydrogens is 270 g/mol. The molecule has 0 unspecified atom stereocenters. The lowest BCUT2D eigenvalue weighted by molar-refractivity contribution is -0.142. The number of nitrogens with zero attached hydrogens (tertiary/aromatic N) is 1. The molecule has 0 aromatic heterocycles. The molecule has 5 nitrogen and oxygen atoms in total. The molecule has 0 aromatic rings. The summed E-state index contributed by atoms with van der Waals surface area (Å²) < 4.78 is 5.36. The van der Waals surface area contributed by atoms with Gasteiger partial charge in [-0.25, -0.2) is 9.59 Å². The van der Waals surface area contributed by atoms with Gasteiger partial charge in [0.25, 0.3) is 0 Å². The molecule has 1 saturated heterocycles. The van der Waals surface area contributed by atoms with E-state index in [-0.39, 0.29) is 0 Å². The molecule has 2 rings (SSSR count). The van der Waals surface area contributed by atoms with Crippen molar-refractivity contribution in [1.29, 1.82) is 0 Å². The van der Waals surface area contributed by atoms with Crippen LogP contribution in [0.3, 0.4) is 0 Å². The molecule has 1 saturated carbocycles. The number of rotatable bonds is 2. The van der Waals surface area contributed by atoms with Gasteiger partial charge in [-0.1, -0.05) is 32.1 Å². The highest BCUT2D eigenvalue weighted by molar-refractivity contribution is 5.81. The third-order valence-corrected chi connectivity index (χ3v) is 4.56. The van der Waals surface area contributed by atoms with Crippen LogP contribution in [0.4, 0.5) is 4.79 Å². The molecule has 1 N–H and O–H groups in total. The fraction of sp³-hybridized carbons (Fsp3) is 0.875. The number of carboxylic acids is 1. The van der Waals surface area contributed by atoms with Crippen LogP contribution in [0.15, 0.2) is 0 Å². The van der Waals surface area contributed by atoms with Gasteiger partial charge in [0, 0.05) is 6.54 Å². The van der Waals surface area contributed by atoms with Crippen LogP contribution in [0, 0.1) is 11.8 Å². The topological polar surface area (TPSA) is 66.8 Å². The molecule has 1 heterocycles. The van der Waals surface area contributed by atoms with Crippen molar-refractivity contribution in [2.75, 3.05) is 6.54 Å². The van der Waals surface area contributed by atoms with Gasteiger partial charge in [-0.05, 0) is 39.0 Å². The number of carbonyl (C=O) groups excluding carboxylic acids is 1. The summed E-state index contributed by atoms with van der Waals surface area (Å²) in [6, 6.07) is -0.730. The molecule has 5 heteroatoms. The van der Waals surface area contributed by atoms with Crippen LogP contribution in [-0.2, 0) is 9.53 Å². The predicted molar refractivity (Wildman–Crippen MR) is 79.0 cm³/mol. The minimum Gasteiger partial charge on any atom is -0.480 e. The van der Waals surface area contributed by atoms with Gasteiger partial charge in [-0.15, -0.1) is 0 Å². The Kier molecular flexibility index (Phi) is 4.79. The minimum absolute atomic E-state index is 0.305. The molecule has 2 fully saturated rings. The highest BCUT2D eigenvalue weighted by Crippen LogP contribution is 2.38. The standard InChI is InChI=1S/C16H27NO4/c1-16(2,3)21-15(20)17-10-12(9-13(17)14(18)19)11-7-5-4-6-8-11/h11-13H,4-10H2,1-3H3,(H,18,19)/t12-,13-/m0/s1. The summed E-state index contributed by atoms with van der Waals surface area (Å²) in [7, 11) is 0. The van der Waals surface area contributed by atoms with Crippen molar-refractivity contribution < 1.29 is 19.4 Å². The second-order valence-corrected chi connectivity index (χ2v) is 7.38. The molecule has 0 bridgehead atoms. The molecule has 2 aliphatic rings. The van der Waals surface area contributed by atoms with Crippen molar-refractivity contribution in [3.8, 4) is 0 Å². The van der Waals surface area contributed by atoms with E-state index in [0.717, 1.165) is 0 Å². The number of likely N-dealkylation sites (tertiary alicyclic amines) is 1. The Hall–Kier alpha value is -1.26. The lowest BCUT2D eigenvalue weighted by Gasteiger charge is -2.28. The number of ether oxygens (including phenoxy) is 1. The number of carboxylic acid groups (broad SMARTS) is 1. The Morgan fingerprint density at radius 3 is 2.24 bits per heavy atom. The van der Waals surface area contributed by atoms with Crippen LogP contribution in [0.25, 0.3) is 0 Å². The maximum Gasteiger partial charge on any atom is 0.411 e. The fourth-order valence-electron chi connectivity index (χ4n) is 3.57. The smallest absolute Gasteiger partial charge is 0.411 e. The number of aliphatic carboxylic acids is 1. The Morgan fingerprint density at radius 1 is 1.10 bits per heavy atom. The average molecular weight is 297 g/mol. The third kappa shape index (κ3) is 4.11. The van der Waals surface area contributed by atoms with Gasteiger partial charge in [0.05, 0.1) is 0 Å². The third-order valence-electron chi connectivity index (χ3n) is 4.56. The summed E-state index contributed by atoms with van der Waals surface area (Å²) >= 11 is 0.